The molecule has 110 valence electrons. The molecule has 0 aliphatic carbocycles. The fourth-order valence-corrected chi connectivity index (χ4v) is 3.06. The molecule has 0 saturated carbocycles. The second-order valence-electron chi connectivity index (χ2n) is 5.68. The molecule has 0 radical (unpaired) electrons. The van der Waals surface area contributed by atoms with Gasteiger partial charge in [0.05, 0.1) is 0 Å². The molecule has 1 fully saturated rings. The van der Waals surface area contributed by atoms with Crippen LogP contribution in [0.2, 0.25) is 0 Å². The van der Waals surface area contributed by atoms with Gasteiger partial charge in [-0.15, -0.1) is 0 Å². The second-order valence-corrected chi connectivity index (χ2v) is 6.54. The number of nitrogens with zero attached hydrogens (tertiary/aromatic N) is 1. The Labute approximate surface area is 128 Å². The lowest BCUT2D eigenvalue weighted by atomic mass is 9.86. The minimum Gasteiger partial charge on any atom is -0.370 e. The van der Waals surface area contributed by atoms with Crippen LogP contribution in [-0.2, 0) is 4.79 Å². The first-order chi connectivity index (χ1) is 9.44. The fraction of sp³-hybridized carbons (Fsp3) is 0.533. The van der Waals surface area contributed by atoms with Crippen molar-refractivity contribution in [2.24, 2.45) is 5.73 Å². The largest absolute Gasteiger partial charge is 0.370 e. The van der Waals surface area contributed by atoms with Crippen molar-refractivity contribution in [3.05, 3.63) is 28.7 Å². The summed E-state index contributed by atoms with van der Waals surface area (Å²) in [6.07, 6.45) is 1.48. The number of halogens is 1. The summed E-state index contributed by atoms with van der Waals surface area (Å²) in [5.74, 6) is -0.267. The molecule has 0 spiro atoms. The second kappa shape index (κ2) is 6.14. The van der Waals surface area contributed by atoms with Crippen molar-refractivity contribution in [3.63, 3.8) is 0 Å². The molecule has 5 heteroatoms. The Kier molecular flexibility index (Phi) is 4.70. The number of nitrogens with one attached hydrogen (secondary N) is 1. The molecule has 2 rings (SSSR count). The minimum atomic E-state index is -0.644. The molecule has 1 amide bonds. The molecular formula is C15H22BrN3O. The highest BCUT2D eigenvalue weighted by molar-refractivity contribution is 9.10. The molecule has 1 saturated heterocycles. The average Bonchev–Trinajstić information content (AvgIpc) is 2.42. The molecule has 1 aromatic rings. The number of anilines is 1. The molecule has 0 atom stereocenters. The maximum Gasteiger partial charge on any atom is 0.243 e. The van der Waals surface area contributed by atoms with Gasteiger partial charge in [0, 0.05) is 29.3 Å². The van der Waals surface area contributed by atoms with Gasteiger partial charge < -0.3 is 16.0 Å². The third kappa shape index (κ3) is 3.15. The first kappa shape index (κ1) is 15.3. The van der Waals surface area contributed by atoms with E-state index in [-0.39, 0.29) is 5.91 Å². The van der Waals surface area contributed by atoms with Gasteiger partial charge in [0.25, 0.3) is 0 Å². The summed E-state index contributed by atoms with van der Waals surface area (Å²) in [6, 6.07) is 8.33. The number of amides is 1. The van der Waals surface area contributed by atoms with Crippen LogP contribution in [0.3, 0.4) is 0 Å². The fourth-order valence-electron chi connectivity index (χ4n) is 2.68. The number of carbonyl (C=O) groups is 1. The Bertz CT molecular complexity index is 482. The zero-order chi connectivity index (χ0) is 14.8. The van der Waals surface area contributed by atoms with Crippen LogP contribution in [0, 0.1) is 0 Å². The first-order valence-corrected chi connectivity index (χ1v) is 7.80. The van der Waals surface area contributed by atoms with Gasteiger partial charge in [0.2, 0.25) is 5.91 Å². The number of para-hydroxylation sites is 1. The predicted molar refractivity (Wildman–Crippen MR) is 85.6 cm³/mol. The Morgan fingerprint density at radius 2 is 1.95 bits per heavy atom. The summed E-state index contributed by atoms with van der Waals surface area (Å²) in [6.45, 7) is 6.13. The Morgan fingerprint density at radius 3 is 2.45 bits per heavy atom. The van der Waals surface area contributed by atoms with Crippen LogP contribution in [0.25, 0.3) is 0 Å². The number of hydrogen-bond acceptors (Lipinski definition) is 3. The number of carbonyl (C=O) groups excluding carboxylic acids is 1. The SMILES string of the molecule is CC(C)N1CCC(Nc2ccccc2Br)(C(N)=O)CC1. The van der Waals surface area contributed by atoms with Crippen molar-refractivity contribution in [2.45, 2.75) is 38.3 Å². The van der Waals surface area contributed by atoms with E-state index in [1.165, 1.54) is 0 Å². The van der Waals surface area contributed by atoms with Crippen molar-refractivity contribution in [3.8, 4) is 0 Å². The van der Waals surface area contributed by atoms with E-state index >= 15 is 0 Å². The predicted octanol–water partition coefficient (Wildman–Crippen LogP) is 2.59. The maximum atomic E-state index is 12.0. The van der Waals surface area contributed by atoms with Gasteiger partial charge in [-0.05, 0) is 54.8 Å². The molecule has 1 heterocycles. The zero-order valence-electron chi connectivity index (χ0n) is 12.0. The van der Waals surface area contributed by atoms with Crippen molar-refractivity contribution in [1.29, 1.82) is 0 Å². The smallest absolute Gasteiger partial charge is 0.243 e. The van der Waals surface area contributed by atoms with E-state index in [2.05, 4.69) is 40.0 Å². The maximum absolute atomic E-state index is 12.0. The summed E-state index contributed by atoms with van der Waals surface area (Å²) < 4.78 is 0.951. The zero-order valence-corrected chi connectivity index (χ0v) is 13.6. The van der Waals surface area contributed by atoms with Gasteiger partial charge in [0.15, 0.2) is 0 Å². The summed E-state index contributed by atoms with van der Waals surface area (Å²) in [7, 11) is 0. The number of primary amides is 1. The van der Waals surface area contributed by atoms with Crippen molar-refractivity contribution >= 4 is 27.5 Å². The van der Waals surface area contributed by atoms with Crippen LogP contribution >= 0.6 is 15.9 Å². The average molecular weight is 340 g/mol. The van der Waals surface area contributed by atoms with E-state index < -0.39 is 5.54 Å². The quantitative estimate of drug-likeness (QED) is 0.886. The molecule has 4 nitrogen and oxygen atoms in total. The van der Waals surface area contributed by atoms with E-state index in [1.54, 1.807) is 0 Å². The van der Waals surface area contributed by atoms with Gasteiger partial charge in [-0.2, -0.15) is 0 Å². The third-order valence-electron chi connectivity index (χ3n) is 4.10. The van der Waals surface area contributed by atoms with Gasteiger partial charge in [-0.25, -0.2) is 0 Å². The molecule has 0 unspecified atom stereocenters. The monoisotopic (exact) mass is 339 g/mol. The number of piperidine rings is 1. The first-order valence-electron chi connectivity index (χ1n) is 7.01. The molecule has 1 aliphatic heterocycles. The van der Waals surface area contributed by atoms with Crippen molar-refractivity contribution < 1.29 is 4.79 Å². The summed E-state index contributed by atoms with van der Waals surface area (Å²) in [5, 5.41) is 3.37. The van der Waals surface area contributed by atoms with E-state index in [1.807, 2.05) is 24.3 Å². The lowest BCUT2D eigenvalue weighted by molar-refractivity contribution is -0.124. The Balaban J connectivity index is 2.16. The van der Waals surface area contributed by atoms with Gasteiger partial charge >= 0.3 is 0 Å². The molecule has 0 bridgehead atoms. The van der Waals surface area contributed by atoms with Crippen molar-refractivity contribution in [1.82, 2.24) is 4.90 Å². The molecule has 3 N–H and O–H groups in total. The number of nitrogens with two attached hydrogens (primary N) is 1. The van der Waals surface area contributed by atoms with E-state index in [0.717, 1.165) is 36.1 Å². The van der Waals surface area contributed by atoms with Crippen LogP contribution in [-0.4, -0.2) is 35.5 Å². The molecule has 1 aliphatic rings. The molecule has 1 aromatic carbocycles. The highest BCUT2D eigenvalue weighted by Crippen LogP contribution is 2.31. The Morgan fingerprint density at radius 1 is 1.35 bits per heavy atom. The minimum absolute atomic E-state index is 0.267. The van der Waals surface area contributed by atoms with Crippen LogP contribution in [0.1, 0.15) is 26.7 Å². The lowest BCUT2D eigenvalue weighted by Crippen LogP contribution is -2.58. The topological polar surface area (TPSA) is 58.4 Å². The molecule has 0 aromatic heterocycles. The van der Waals surface area contributed by atoms with Crippen LogP contribution in [0.5, 0.6) is 0 Å². The van der Waals surface area contributed by atoms with Gasteiger partial charge in [-0.1, -0.05) is 12.1 Å². The number of hydrogen-bond donors (Lipinski definition) is 2. The standard InChI is InChI=1S/C15H22BrN3O/c1-11(2)19-9-7-15(8-10-19,14(17)20)18-13-6-4-3-5-12(13)16/h3-6,11,18H,7-10H2,1-2H3,(H2,17,20). The van der Waals surface area contributed by atoms with Gasteiger partial charge in [0.1, 0.15) is 5.54 Å². The van der Waals surface area contributed by atoms with Gasteiger partial charge in [-0.3, -0.25) is 4.79 Å². The van der Waals surface area contributed by atoms with E-state index in [4.69, 9.17) is 5.73 Å². The normalized spacial score (nSPS) is 19.0. The molecular weight excluding hydrogens is 318 g/mol. The summed E-state index contributed by atoms with van der Waals surface area (Å²) >= 11 is 3.51. The number of likely N-dealkylation sites (tertiary alicyclic amines) is 1. The van der Waals surface area contributed by atoms with Crippen LogP contribution in [0.4, 0.5) is 5.69 Å². The Hall–Kier alpha value is -1.07. The summed E-state index contributed by atoms with van der Waals surface area (Å²) in [4.78, 5) is 14.4. The number of benzene rings is 1. The summed E-state index contributed by atoms with van der Waals surface area (Å²) in [5.41, 5.74) is 5.96. The van der Waals surface area contributed by atoms with E-state index in [0.29, 0.717) is 6.04 Å². The lowest BCUT2D eigenvalue weighted by Gasteiger charge is -2.42. The van der Waals surface area contributed by atoms with Crippen LogP contribution in [0.15, 0.2) is 28.7 Å². The highest BCUT2D eigenvalue weighted by atomic mass is 79.9. The van der Waals surface area contributed by atoms with Crippen molar-refractivity contribution in [2.75, 3.05) is 18.4 Å². The highest BCUT2D eigenvalue weighted by Gasteiger charge is 2.40. The third-order valence-corrected chi connectivity index (χ3v) is 4.79. The van der Waals surface area contributed by atoms with Crippen LogP contribution < -0.4 is 11.1 Å². The van der Waals surface area contributed by atoms with E-state index in [9.17, 15) is 4.79 Å². The number of rotatable bonds is 4. The molecule has 20 heavy (non-hydrogen) atoms.